The summed E-state index contributed by atoms with van der Waals surface area (Å²) in [5, 5.41) is 10.3. The van der Waals surface area contributed by atoms with Gasteiger partial charge < -0.3 is 10.1 Å². The number of guanidine groups is 1. The lowest BCUT2D eigenvalue weighted by atomic mass is 10.0. The number of anilines is 1. The highest BCUT2D eigenvalue weighted by Gasteiger charge is 2.22. The summed E-state index contributed by atoms with van der Waals surface area (Å²) in [6.07, 6.45) is 0. The van der Waals surface area contributed by atoms with Crippen LogP contribution in [0, 0.1) is 0 Å². The van der Waals surface area contributed by atoms with Crippen LogP contribution in [0.5, 0.6) is 5.75 Å². The minimum Gasteiger partial charge on any atom is -0.497 e. The lowest BCUT2D eigenvalue weighted by Crippen LogP contribution is -2.31. The van der Waals surface area contributed by atoms with Crippen molar-refractivity contribution >= 4 is 17.4 Å². The molecule has 5 heteroatoms. The summed E-state index contributed by atoms with van der Waals surface area (Å²) in [6, 6.07) is 26.4. The molecular weight excluding hydrogens is 348 g/mol. The van der Waals surface area contributed by atoms with Crippen molar-refractivity contribution < 1.29 is 4.74 Å². The molecule has 1 N–H and O–H groups in total. The molecule has 5 nitrogen and oxygen atoms in total. The number of para-hydroxylation sites is 1. The second-order valence-electron chi connectivity index (χ2n) is 6.44. The maximum absolute atomic E-state index is 5.26. The summed E-state index contributed by atoms with van der Waals surface area (Å²) < 4.78 is 5.26. The van der Waals surface area contributed by atoms with Crippen molar-refractivity contribution in [3.8, 4) is 5.75 Å². The van der Waals surface area contributed by atoms with Crippen LogP contribution in [0.4, 0.5) is 5.69 Å². The van der Waals surface area contributed by atoms with Gasteiger partial charge in [-0.25, -0.2) is 5.01 Å². The summed E-state index contributed by atoms with van der Waals surface area (Å²) in [7, 11) is 3.44. The molecule has 0 saturated carbocycles. The average Bonchev–Trinajstić information content (AvgIpc) is 2.92. The highest BCUT2D eigenvalue weighted by atomic mass is 16.5. The first-order chi connectivity index (χ1) is 13.8. The number of nitrogens with one attached hydrogen (secondary N) is 1. The second kappa shape index (κ2) is 7.96. The van der Waals surface area contributed by atoms with Gasteiger partial charge >= 0.3 is 0 Å². The monoisotopic (exact) mass is 370 g/mol. The van der Waals surface area contributed by atoms with Crippen molar-refractivity contribution in [1.82, 2.24) is 5.01 Å². The molecule has 1 aliphatic rings. The second-order valence-corrected chi connectivity index (χ2v) is 6.44. The molecule has 0 aliphatic carbocycles. The summed E-state index contributed by atoms with van der Waals surface area (Å²) in [5.74, 6) is 1.54. The van der Waals surface area contributed by atoms with Gasteiger partial charge in [0.15, 0.2) is 0 Å². The lowest BCUT2D eigenvalue weighted by Gasteiger charge is -2.20. The Morgan fingerprint density at radius 2 is 1.64 bits per heavy atom. The average molecular weight is 370 g/mol. The highest BCUT2D eigenvalue weighted by molar-refractivity contribution is 6.18. The minimum absolute atomic E-state index is 0.591. The van der Waals surface area contributed by atoms with Gasteiger partial charge in [0.05, 0.1) is 19.3 Å². The first kappa shape index (κ1) is 17.8. The van der Waals surface area contributed by atoms with Gasteiger partial charge in [-0.1, -0.05) is 60.7 Å². The Kier molecular flexibility index (Phi) is 5.06. The van der Waals surface area contributed by atoms with E-state index in [1.54, 1.807) is 14.2 Å². The number of benzene rings is 3. The fourth-order valence-corrected chi connectivity index (χ4v) is 3.20. The molecule has 140 valence electrons. The van der Waals surface area contributed by atoms with Crippen LogP contribution in [0.15, 0.2) is 89.0 Å². The molecule has 1 heterocycles. The molecule has 0 atom stereocenters. The molecule has 4 rings (SSSR count). The van der Waals surface area contributed by atoms with Crippen LogP contribution in [0.1, 0.15) is 16.7 Å². The molecule has 0 unspecified atom stereocenters. The molecule has 0 spiro atoms. The van der Waals surface area contributed by atoms with Crippen molar-refractivity contribution in [2.75, 3.05) is 19.5 Å². The third kappa shape index (κ3) is 3.60. The van der Waals surface area contributed by atoms with E-state index in [1.165, 1.54) is 0 Å². The van der Waals surface area contributed by atoms with E-state index in [9.17, 15) is 0 Å². The van der Waals surface area contributed by atoms with Crippen molar-refractivity contribution in [3.63, 3.8) is 0 Å². The smallest absolute Gasteiger partial charge is 0.219 e. The van der Waals surface area contributed by atoms with Crippen LogP contribution in [0.25, 0.3) is 0 Å². The Bertz CT molecular complexity index is 1010. The van der Waals surface area contributed by atoms with Crippen molar-refractivity contribution in [2.24, 2.45) is 10.1 Å². The quantitative estimate of drug-likeness (QED) is 0.742. The molecular formula is C23H22N4O. The highest BCUT2D eigenvalue weighted by Crippen LogP contribution is 2.25. The molecule has 3 aromatic rings. The topological polar surface area (TPSA) is 49.2 Å². The Morgan fingerprint density at radius 3 is 2.36 bits per heavy atom. The van der Waals surface area contributed by atoms with E-state index in [0.717, 1.165) is 33.8 Å². The van der Waals surface area contributed by atoms with Gasteiger partial charge in [-0.05, 0) is 23.8 Å². The first-order valence-electron chi connectivity index (χ1n) is 9.16. The van der Waals surface area contributed by atoms with Gasteiger partial charge in [0, 0.05) is 18.2 Å². The van der Waals surface area contributed by atoms with Gasteiger partial charge in [0.1, 0.15) is 11.5 Å². The number of aliphatic imine (C=N–C) groups is 1. The van der Waals surface area contributed by atoms with Crippen LogP contribution < -0.4 is 10.1 Å². The molecule has 3 aromatic carbocycles. The summed E-state index contributed by atoms with van der Waals surface area (Å²) in [4.78, 5) is 4.45. The molecule has 0 radical (unpaired) electrons. The van der Waals surface area contributed by atoms with Crippen LogP contribution in [0.3, 0.4) is 0 Å². The van der Waals surface area contributed by atoms with E-state index >= 15 is 0 Å². The maximum atomic E-state index is 5.26. The number of hydrazone groups is 1. The standard InChI is InChI=1S/C23H22N4O/c1-24-23-25-21-11-7-6-10-20(21)22(18-8-4-3-5-9-18)26-27(23)16-17-12-14-19(28-2)15-13-17/h3-15H,16H2,1-2H3,(H,24,25). The number of methoxy groups -OCH3 is 1. The number of fused-ring (bicyclic) bond motifs is 1. The van der Waals surface area contributed by atoms with Crippen molar-refractivity contribution in [3.05, 3.63) is 95.6 Å². The third-order valence-electron chi connectivity index (χ3n) is 4.64. The first-order valence-corrected chi connectivity index (χ1v) is 9.16. The van der Waals surface area contributed by atoms with Gasteiger partial charge in [-0.15, -0.1) is 0 Å². The predicted molar refractivity (Wildman–Crippen MR) is 114 cm³/mol. The van der Waals surface area contributed by atoms with Gasteiger partial charge in [-0.2, -0.15) is 5.10 Å². The predicted octanol–water partition coefficient (Wildman–Crippen LogP) is 4.36. The van der Waals surface area contributed by atoms with Crippen LogP contribution >= 0.6 is 0 Å². The molecule has 0 saturated heterocycles. The van der Waals surface area contributed by atoms with Crippen LogP contribution in [-0.2, 0) is 6.54 Å². The lowest BCUT2D eigenvalue weighted by molar-refractivity contribution is 0.413. The molecule has 0 fully saturated rings. The SMILES string of the molecule is CN=C1Nc2ccccc2C(c2ccccc2)=NN1Cc1ccc(OC)cc1. The normalized spacial score (nSPS) is 14.7. The number of ether oxygens (including phenoxy) is 1. The van der Waals surface area contributed by atoms with Crippen LogP contribution in [-0.4, -0.2) is 30.8 Å². The largest absolute Gasteiger partial charge is 0.497 e. The Labute approximate surface area is 165 Å². The molecule has 0 aromatic heterocycles. The van der Waals surface area contributed by atoms with Gasteiger partial charge in [0.25, 0.3) is 0 Å². The molecule has 0 amide bonds. The fourth-order valence-electron chi connectivity index (χ4n) is 3.20. The van der Waals surface area contributed by atoms with E-state index in [4.69, 9.17) is 9.84 Å². The minimum atomic E-state index is 0.591. The van der Waals surface area contributed by atoms with Gasteiger partial charge in [0.2, 0.25) is 5.96 Å². The number of hydrogen-bond donors (Lipinski definition) is 1. The summed E-state index contributed by atoms with van der Waals surface area (Å²) >= 11 is 0. The molecule has 0 bridgehead atoms. The zero-order valence-electron chi connectivity index (χ0n) is 16.0. The fraction of sp³-hybridized carbons (Fsp3) is 0.130. The number of rotatable bonds is 4. The van der Waals surface area contributed by atoms with E-state index in [2.05, 4.69) is 34.6 Å². The number of nitrogens with zero attached hydrogens (tertiary/aromatic N) is 3. The Morgan fingerprint density at radius 1 is 0.929 bits per heavy atom. The summed E-state index contributed by atoms with van der Waals surface area (Å²) in [5.41, 5.74) is 5.13. The maximum Gasteiger partial charge on any atom is 0.219 e. The summed E-state index contributed by atoms with van der Waals surface area (Å²) in [6.45, 7) is 0.591. The van der Waals surface area contributed by atoms with E-state index < -0.39 is 0 Å². The van der Waals surface area contributed by atoms with Crippen molar-refractivity contribution in [1.29, 1.82) is 0 Å². The Hall–Kier alpha value is -3.60. The third-order valence-corrected chi connectivity index (χ3v) is 4.64. The Balaban J connectivity index is 1.78. The number of hydrogen-bond acceptors (Lipinski definition) is 3. The van der Waals surface area contributed by atoms with E-state index in [1.807, 2.05) is 59.6 Å². The molecule has 1 aliphatic heterocycles. The van der Waals surface area contributed by atoms with Gasteiger partial charge in [-0.3, -0.25) is 4.99 Å². The van der Waals surface area contributed by atoms with Crippen LogP contribution in [0.2, 0.25) is 0 Å². The van der Waals surface area contributed by atoms with E-state index in [0.29, 0.717) is 12.5 Å². The van der Waals surface area contributed by atoms with Crippen molar-refractivity contribution in [2.45, 2.75) is 6.54 Å². The zero-order valence-corrected chi connectivity index (χ0v) is 16.0. The van der Waals surface area contributed by atoms with E-state index in [-0.39, 0.29) is 0 Å². The molecule has 28 heavy (non-hydrogen) atoms. The zero-order chi connectivity index (χ0) is 19.3.